The van der Waals surface area contributed by atoms with E-state index in [4.69, 9.17) is 10.5 Å². The molecule has 2 N–H and O–H groups in total. The first-order chi connectivity index (χ1) is 10.3. The molecule has 1 aliphatic heterocycles. The first-order valence-electron chi connectivity index (χ1n) is 8.45. The molecule has 1 fully saturated rings. The van der Waals surface area contributed by atoms with Crippen LogP contribution >= 0.6 is 0 Å². The number of hydrogen-bond donors (Lipinski definition) is 1. The number of benzene rings is 1. The quantitative estimate of drug-likeness (QED) is 0.834. The molecule has 0 saturated carbocycles. The van der Waals surface area contributed by atoms with E-state index < -0.39 is 0 Å². The van der Waals surface area contributed by atoms with E-state index in [1.165, 1.54) is 44.3 Å². The zero-order valence-electron chi connectivity index (χ0n) is 13.6. The van der Waals surface area contributed by atoms with Gasteiger partial charge >= 0.3 is 0 Å². The predicted molar refractivity (Wildman–Crippen MR) is 88.6 cm³/mol. The third-order valence-electron chi connectivity index (χ3n) is 4.56. The van der Waals surface area contributed by atoms with Gasteiger partial charge in [-0.3, -0.25) is 4.90 Å². The smallest absolute Gasteiger partial charge is 0.119 e. The molecule has 0 radical (unpaired) electrons. The zero-order valence-corrected chi connectivity index (χ0v) is 13.6. The maximum Gasteiger partial charge on any atom is 0.119 e. The molecule has 1 aromatic rings. The van der Waals surface area contributed by atoms with Gasteiger partial charge in [-0.1, -0.05) is 31.9 Å². The van der Waals surface area contributed by atoms with Gasteiger partial charge in [0.15, 0.2) is 0 Å². The lowest BCUT2D eigenvalue weighted by Crippen LogP contribution is -2.39. The monoisotopic (exact) mass is 290 g/mol. The minimum absolute atomic E-state index is 0.327. The standard InChI is InChI=1S/C18H30N2O/c1-3-6-15-9-11-20(12-10-15)18(14-19)16-7-5-8-17(13-16)21-4-2/h5,7-8,13,15,18H,3-4,6,9-12,14,19H2,1-2H3. The van der Waals surface area contributed by atoms with Crippen molar-refractivity contribution in [2.45, 2.75) is 45.6 Å². The van der Waals surface area contributed by atoms with Crippen LogP contribution in [0, 0.1) is 5.92 Å². The zero-order chi connectivity index (χ0) is 15.1. The van der Waals surface area contributed by atoms with Gasteiger partial charge < -0.3 is 10.5 Å². The van der Waals surface area contributed by atoms with Crippen LogP contribution in [0.4, 0.5) is 0 Å². The van der Waals surface area contributed by atoms with E-state index in [0.29, 0.717) is 19.2 Å². The average Bonchev–Trinajstić information content (AvgIpc) is 2.51. The van der Waals surface area contributed by atoms with Crippen LogP contribution in [0.2, 0.25) is 0 Å². The van der Waals surface area contributed by atoms with Gasteiger partial charge in [-0.15, -0.1) is 0 Å². The first kappa shape index (κ1) is 16.3. The number of likely N-dealkylation sites (tertiary alicyclic amines) is 1. The highest BCUT2D eigenvalue weighted by Crippen LogP contribution is 2.29. The maximum absolute atomic E-state index is 6.07. The molecule has 1 saturated heterocycles. The van der Waals surface area contributed by atoms with Gasteiger partial charge in [0.1, 0.15) is 5.75 Å². The van der Waals surface area contributed by atoms with Crippen LogP contribution in [-0.2, 0) is 0 Å². The van der Waals surface area contributed by atoms with Crippen LogP contribution in [0.5, 0.6) is 5.75 Å². The highest BCUT2D eigenvalue weighted by molar-refractivity contribution is 5.31. The lowest BCUT2D eigenvalue weighted by molar-refractivity contribution is 0.131. The summed E-state index contributed by atoms with van der Waals surface area (Å²) in [5.74, 6) is 1.87. The summed E-state index contributed by atoms with van der Waals surface area (Å²) in [4.78, 5) is 2.55. The summed E-state index contributed by atoms with van der Waals surface area (Å²) in [7, 11) is 0. The van der Waals surface area contributed by atoms with Gasteiger partial charge in [0.2, 0.25) is 0 Å². The minimum Gasteiger partial charge on any atom is -0.494 e. The van der Waals surface area contributed by atoms with Crippen molar-refractivity contribution in [3.63, 3.8) is 0 Å². The number of piperidine rings is 1. The molecule has 0 aliphatic carbocycles. The molecular weight excluding hydrogens is 260 g/mol. The van der Waals surface area contributed by atoms with Crippen LogP contribution in [0.1, 0.15) is 51.1 Å². The SMILES string of the molecule is CCCC1CCN(C(CN)c2cccc(OCC)c2)CC1. The summed E-state index contributed by atoms with van der Waals surface area (Å²) in [5, 5.41) is 0. The van der Waals surface area contributed by atoms with Crippen molar-refractivity contribution in [3.8, 4) is 5.75 Å². The van der Waals surface area contributed by atoms with E-state index in [-0.39, 0.29) is 0 Å². The molecule has 0 bridgehead atoms. The van der Waals surface area contributed by atoms with E-state index in [2.05, 4.69) is 30.0 Å². The second-order valence-electron chi connectivity index (χ2n) is 6.03. The Morgan fingerprint density at radius 3 is 2.67 bits per heavy atom. The van der Waals surface area contributed by atoms with Crippen molar-refractivity contribution >= 4 is 0 Å². The number of nitrogens with zero attached hydrogens (tertiary/aromatic N) is 1. The fourth-order valence-electron chi connectivity index (χ4n) is 3.44. The van der Waals surface area contributed by atoms with Crippen LogP contribution in [-0.4, -0.2) is 31.1 Å². The minimum atomic E-state index is 0.327. The van der Waals surface area contributed by atoms with Crippen molar-refractivity contribution in [3.05, 3.63) is 29.8 Å². The van der Waals surface area contributed by atoms with Crippen molar-refractivity contribution in [1.82, 2.24) is 4.90 Å². The van der Waals surface area contributed by atoms with Crippen molar-refractivity contribution in [1.29, 1.82) is 0 Å². The second-order valence-corrected chi connectivity index (χ2v) is 6.03. The van der Waals surface area contributed by atoms with Gasteiger partial charge in [0.25, 0.3) is 0 Å². The molecule has 1 unspecified atom stereocenters. The Balaban J connectivity index is 2.01. The van der Waals surface area contributed by atoms with Crippen molar-refractivity contribution in [2.24, 2.45) is 11.7 Å². The molecule has 3 heteroatoms. The Hall–Kier alpha value is -1.06. The average molecular weight is 290 g/mol. The molecule has 21 heavy (non-hydrogen) atoms. The Kier molecular flexibility index (Phi) is 6.52. The molecule has 118 valence electrons. The number of nitrogens with two attached hydrogens (primary N) is 1. The molecule has 3 nitrogen and oxygen atoms in total. The second kappa shape index (κ2) is 8.40. The van der Waals surface area contributed by atoms with Crippen LogP contribution in [0.15, 0.2) is 24.3 Å². The molecule has 0 spiro atoms. The Bertz CT molecular complexity index is 413. The molecular formula is C18H30N2O. The van der Waals surface area contributed by atoms with E-state index in [0.717, 1.165) is 11.7 Å². The van der Waals surface area contributed by atoms with Crippen molar-refractivity contribution < 1.29 is 4.74 Å². The van der Waals surface area contributed by atoms with Crippen molar-refractivity contribution in [2.75, 3.05) is 26.2 Å². The van der Waals surface area contributed by atoms with Gasteiger partial charge in [-0.2, -0.15) is 0 Å². The first-order valence-corrected chi connectivity index (χ1v) is 8.45. The van der Waals surface area contributed by atoms with Gasteiger partial charge in [0, 0.05) is 12.6 Å². The molecule has 0 aromatic heterocycles. The largest absolute Gasteiger partial charge is 0.494 e. The van der Waals surface area contributed by atoms with E-state index >= 15 is 0 Å². The molecule has 1 aliphatic rings. The molecule has 1 aromatic carbocycles. The summed E-state index contributed by atoms with van der Waals surface area (Å²) in [6.07, 6.45) is 5.31. The normalized spacial score (nSPS) is 18.6. The fourth-order valence-corrected chi connectivity index (χ4v) is 3.44. The van der Waals surface area contributed by atoms with Gasteiger partial charge in [-0.05, 0) is 56.5 Å². The Labute approximate surface area is 129 Å². The molecule has 2 rings (SSSR count). The predicted octanol–water partition coefficient (Wildman–Crippen LogP) is 3.60. The lowest BCUT2D eigenvalue weighted by Gasteiger charge is -2.37. The number of ether oxygens (including phenoxy) is 1. The maximum atomic E-state index is 6.07. The molecule has 0 amide bonds. The highest BCUT2D eigenvalue weighted by atomic mass is 16.5. The summed E-state index contributed by atoms with van der Waals surface area (Å²) >= 11 is 0. The summed E-state index contributed by atoms with van der Waals surface area (Å²) < 4.78 is 5.62. The number of rotatable bonds is 7. The third-order valence-corrected chi connectivity index (χ3v) is 4.56. The molecule has 1 atom stereocenters. The van der Waals surface area contributed by atoms with E-state index in [1.54, 1.807) is 0 Å². The summed E-state index contributed by atoms with van der Waals surface area (Å²) in [5.41, 5.74) is 7.36. The fraction of sp³-hybridized carbons (Fsp3) is 0.667. The van der Waals surface area contributed by atoms with Crippen LogP contribution in [0.3, 0.4) is 0 Å². The Morgan fingerprint density at radius 1 is 1.29 bits per heavy atom. The van der Waals surface area contributed by atoms with Crippen LogP contribution in [0.25, 0.3) is 0 Å². The van der Waals surface area contributed by atoms with E-state index in [1.807, 2.05) is 13.0 Å². The van der Waals surface area contributed by atoms with Gasteiger partial charge in [-0.25, -0.2) is 0 Å². The summed E-state index contributed by atoms with van der Waals surface area (Å²) in [6, 6.07) is 8.76. The third kappa shape index (κ3) is 4.45. The lowest BCUT2D eigenvalue weighted by atomic mass is 9.91. The highest BCUT2D eigenvalue weighted by Gasteiger charge is 2.25. The summed E-state index contributed by atoms with van der Waals surface area (Å²) in [6.45, 7) is 8.03. The van der Waals surface area contributed by atoms with Crippen LogP contribution < -0.4 is 10.5 Å². The topological polar surface area (TPSA) is 38.5 Å². The Morgan fingerprint density at radius 2 is 2.05 bits per heavy atom. The van der Waals surface area contributed by atoms with Gasteiger partial charge in [0.05, 0.1) is 6.61 Å². The van der Waals surface area contributed by atoms with E-state index in [9.17, 15) is 0 Å². The number of hydrogen-bond acceptors (Lipinski definition) is 3. The molecule has 1 heterocycles.